The summed E-state index contributed by atoms with van der Waals surface area (Å²) in [5.74, 6) is -0.691. The Balaban J connectivity index is 2.00. The molecule has 0 aliphatic heterocycles. The lowest BCUT2D eigenvalue weighted by Gasteiger charge is -2.13. The molecule has 0 unspecified atom stereocenters. The van der Waals surface area contributed by atoms with E-state index in [0.717, 1.165) is 5.56 Å². The summed E-state index contributed by atoms with van der Waals surface area (Å²) in [6.45, 7) is 3.38. The fourth-order valence-electron chi connectivity index (χ4n) is 2.16. The number of hydrogen-bond acceptors (Lipinski definition) is 5. The van der Waals surface area contributed by atoms with E-state index in [-0.39, 0.29) is 5.57 Å². The zero-order chi connectivity index (χ0) is 19.8. The predicted octanol–water partition coefficient (Wildman–Crippen LogP) is 3.48. The summed E-state index contributed by atoms with van der Waals surface area (Å²) in [7, 11) is 1.55. The average Bonchev–Trinajstić information content (AvgIpc) is 2.67. The Morgan fingerprint density at radius 3 is 2.30 bits per heavy atom. The van der Waals surface area contributed by atoms with Gasteiger partial charge in [0.15, 0.2) is 6.10 Å². The third-order valence-electron chi connectivity index (χ3n) is 3.74. The molecule has 0 spiro atoms. The van der Waals surface area contributed by atoms with Crippen LogP contribution in [-0.2, 0) is 14.3 Å². The van der Waals surface area contributed by atoms with Crippen LogP contribution in [-0.4, -0.2) is 25.1 Å². The Kier molecular flexibility index (Phi) is 6.73. The molecular weight excluding hydrogens is 344 g/mol. The molecule has 6 heteroatoms. The predicted molar refractivity (Wildman–Crippen MR) is 102 cm³/mol. The molecule has 0 aromatic heterocycles. The lowest BCUT2D eigenvalue weighted by molar-refractivity contribution is -0.148. The Morgan fingerprint density at radius 1 is 1.11 bits per heavy atom. The number of rotatable bonds is 6. The standard InChI is InChI=1S/C21H20N2O4/c1-14-4-6-16(7-5-14)12-17(13-22)21(25)27-15(2)20(24)23-18-8-10-19(26-3)11-9-18/h4-12,15H,1-3H3,(H,23,24)/b17-12+/t15-/m0/s1. The van der Waals surface area contributed by atoms with Crippen molar-refractivity contribution < 1.29 is 19.1 Å². The Bertz CT molecular complexity index is 878. The number of nitrogens with one attached hydrogen (secondary N) is 1. The van der Waals surface area contributed by atoms with E-state index in [0.29, 0.717) is 17.0 Å². The van der Waals surface area contributed by atoms with Crippen LogP contribution < -0.4 is 10.1 Å². The molecule has 1 N–H and O–H groups in total. The van der Waals surface area contributed by atoms with Gasteiger partial charge in [-0.25, -0.2) is 4.79 Å². The maximum Gasteiger partial charge on any atom is 0.349 e. The number of amides is 1. The zero-order valence-electron chi connectivity index (χ0n) is 15.4. The maximum absolute atomic E-state index is 12.2. The number of ether oxygens (including phenoxy) is 2. The summed E-state index contributed by atoms with van der Waals surface area (Å²) >= 11 is 0. The van der Waals surface area contributed by atoms with Crippen molar-refractivity contribution in [3.63, 3.8) is 0 Å². The van der Waals surface area contributed by atoms with Gasteiger partial charge >= 0.3 is 5.97 Å². The smallest absolute Gasteiger partial charge is 0.349 e. The summed E-state index contributed by atoms with van der Waals surface area (Å²) < 4.78 is 10.2. The number of nitrogens with zero attached hydrogens (tertiary/aromatic N) is 1. The number of aryl methyl sites for hydroxylation is 1. The first-order chi connectivity index (χ1) is 12.9. The number of nitriles is 1. The van der Waals surface area contributed by atoms with E-state index < -0.39 is 18.0 Å². The van der Waals surface area contributed by atoms with Gasteiger partial charge in [-0.05, 0) is 49.8 Å². The normalized spacial score (nSPS) is 11.9. The highest BCUT2D eigenvalue weighted by Gasteiger charge is 2.20. The van der Waals surface area contributed by atoms with E-state index in [1.807, 2.05) is 25.1 Å². The van der Waals surface area contributed by atoms with Crippen molar-refractivity contribution in [2.75, 3.05) is 12.4 Å². The molecule has 0 aliphatic carbocycles. The molecule has 0 saturated heterocycles. The topological polar surface area (TPSA) is 88.4 Å². The Labute approximate surface area is 158 Å². The highest BCUT2D eigenvalue weighted by molar-refractivity contribution is 6.01. The minimum absolute atomic E-state index is 0.178. The second kappa shape index (κ2) is 9.20. The van der Waals surface area contributed by atoms with E-state index in [9.17, 15) is 14.9 Å². The lowest BCUT2D eigenvalue weighted by Crippen LogP contribution is -2.30. The fraction of sp³-hybridized carbons (Fsp3) is 0.190. The highest BCUT2D eigenvalue weighted by atomic mass is 16.5. The number of hydrogen-bond donors (Lipinski definition) is 1. The number of methoxy groups -OCH3 is 1. The molecule has 138 valence electrons. The molecule has 1 atom stereocenters. The van der Waals surface area contributed by atoms with Crippen molar-refractivity contribution in [1.29, 1.82) is 5.26 Å². The van der Waals surface area contributed by atoms with Gasteiger partial charge in [-0.2, -0.15) is 5.26 Å². The third-order valence-corrected chi connectivity index (χ3v) is 3.74. The van der Waals surface area contributed by atoms with E-state index in [1.165, 1.54) is 13.0 Å². The second-order valence-corrected chi connectivity index (χ2v) is 5.85. The van der Waals surface area contributed by atoms with Crippen molar-refractivity contribution in [2.24, 2.45) is 0 Å². The van der Waals surface area contributed by atoms with Gasteiger partial charge < -0.3 is 14.8 Å². The zero-order valence-corrected chi connectivity index (χ0v) is 15.4. The van der Waals surface area contributed by atoms with Crippen molar-refractivity contribution in [1.82, 2.24) is 0 Å². The first-order valence-electron chi connectivity index (χ1n) is 8.27. The van der Waals surface area contributed by atoms with Crippen LogP contribution in [0.3, 0.4) is 0 Å². The summed E-state index contributed by atoms with van der Waals surface area (Å²) in [6, 6.07) is 15.9. The van der Waals surface area contributed by atoms with E-state index in [4.69, 9.17) is 9.47 Å². The van der Waals surface area contributed by atoms with Gasteiger partial charge in [0.1, 0.15) is 17.4 Å². The number of anilines is 1. The quantitative estimate of drug-likeness (QED) is 0.482. The molecule has 6 nitrogen and oxygen atoms in total. The third kappa shape index (κ3) is 5.72. The minimum Gasteiger partial charge on any atom is -0.497 e. The first kappa shape index (κ1) is 19.7. The molecule has 0 fully saturated rings. The molecule has 0 bridgehead atoms. The second-order valence-electron chi connectivity index (χ2n) is 5.85. The summed E-state index contributed by atoms with van der Waals surface area (Å²) in [5, 5.41) is 11.9. The van der Waals surface area contributed by atoms with Crippen LogP contribution in [0.4, 0.5) is 5.69 Å². The molecule has 0 radical (unpaired) electrons. The molecule has 27 heavy (non-hydrogen) atoms. The van der Waals surface area contributed by atoms with Gasteiger partial charge in [-0.3, -0.25) is 4.79 Å². The van der Waals surface area contributed by atoms with Gasteiger partial charge in [0.25, 0.3) is 5.91 Å². The number of carbonyl (C=O) groups is 2. The first-order valence-corrected chi connectivity index (χ1v) is 8.27. The van der Waals surface area contributed by atoms with Crippen LogP contribution in [0.5, 0.6) is 5.75 Å². The van der Waals surface area contributed by atoms with Gasteiger partial charge in [0.2, 0.25) is 0 Å². The van der Waals surface area contributed by atoms with E-state index in [2.05, 4.69) is 5.32 Å². The van der Waals surface area contributed by atoms with Crippen LogP contribution in [0.15, 0.2) is 54.1 Å². The lowest BCUT2D eigenvalue weighted by atomic mass is 10.1. The van der Waals surface area contributed by atoms with Crippen LogP contribution in [0.25, 0.3) is 6.08 Å². The van der Waals surface area contributed by atoms with E-state index >= 15 is 0 Å². The van der Waals surface area contributed by atoms with Gasteiger partial charge in [-0.15, -0.1) is 0 Å². The number of carbonyl (C=O) groups excluding carboxylic acids is 2. The molecule has 1 amide bonds. The molecule has 2 rings (SSSR count). The van der Waals surface area contributed by atoms with Gasteiger partial charge in [0, 0.05) is 5.69 Å². The fourth-order valence-corrected chi connectivity index (χ4v) is 2.16. The molecule has 2 aromatic rings. The SMILES string of the molecule is COc1ccc(NC(=O)[C@H](C)OC(=O)/C(C#N)=C/c2ccc(C)cc2)cc1. The highest BCUT2D eigenvalue weighted by Crippen LogP contribution is 2.16. The van der Waals surface area contributed by atoms with Crippen molar-refractivity contribution in [3.8, 4) is 11.8 Å². The summed E-state index contributed by atoms with van der Waals surface area (Å²) in [4.78, 5) is 24.4. The molecule has 2 aromatic carbocycles. The summed E-state index contributed by atoms with van der Waals surface area (Å²) in [6.07, 6.45) is 0.366. The van der Waals surface area contributed by atoms with Crippen LogP contribution >= 0.6 is 0 Å². The maximum atomic E-state index is 12.2. The molecule has 0 heterocycles. The van der Waals surface area contributed by atoms with Crippen molar-refractivity contribution >= 4 is 23.6 Å². The largest absolute Gasteiger partial charge is 0.497 e. The van der Waals surface area contributed by atoms with Crippen LogP contribution in [0.1, 0.15) is 18.1 Å². The van der Waals surface area contributed by atoms with Gasteiger partial charge in [-0.1, -0.05) is 29.8 Å². The van der Waals surface area contributed by atoms with Crippen molar-refractivity contribution in [2.45, 2.75) is 20.0 Å². The van der Waals surface area contributed by atoms with Crippen LogP contribution in [0, 0.1) is 18.3 Å². The van der Waals surface area contributed by atoms with Crippen LogP contribution in [0.2, 0.25) is 0 Å². The molecule has 0 aliphatic rings. The average molecular weight is 364 g/mol. The monoisotopic (exact) mass is 364 g/mol. The molecular formula is C21H20N2O4. The summed E-state index contributed by atoms with van der Waals surface area (Å²) in [5.41, 5.74) is 2.13. The molecule has 0 saturated carbocycles. The Morgan fingerprint density at radius 2 is 1.74 bits per heavy atom. The minimum atomic E-state index is -1.06. The number of esters is 1. The van der Waals surface area contributed by atoms with Crippen molar-refractivity contribution in [3.05, 3.63) is 65.2 Å². The Hall–Kier alpha value is -3.59. The van der Waals surface area contributed by atoms with E-state index in [1.54, 1.807) is 43.5 Å². The number of benzene rings is 2. The van der Waals surface area contributed by atoms with Gasteiger partial charge in [0.05, 0.1) is 7.11 Å².